The fourth-order valence-electron chi connectivity index (χ4n) is 3.44. The zero-order chi connectivity index (χ0) is 21.2. The highest BCUT2D eigenvalue weighted by atomic mass is 35.5. The third kappa shape index (κ3) is 9.38. The van der Waals surface area contributed by atoms with Crippen LogP contribution in [0.2, 0.25) is 0 Å². The molecule has 2 rings (SSSR count). The highest BCUT2D eigenvalue weighted by Crippen LogP contribution is 2.18. The molecule has 0 amide bonds. The Morgan fingerprint density at radius 1 is 0.700 bits per heavy atom. The molecule has 0 aliphatic rings. The molecule has 0 aliphatic carbocycles. The van der Waals surface area contributed by atoms with Crippen LogP contribution in [0.1, 0.15) is 36.1 Å². The van der Waals surface area contributed by atoms with Gasteiger partial charge in [0.25, 0.3) is 0 Å². The van der Waals surface area contributed by atoms with E-state index in [9.17, 15) is 0 Å². The Labute approximate surface area is 188 Å². The molecule has 5 heteroatoms. The number of rotatable bonds is 12. The number of halogens is 1. The van der Waals surface area contributed by atoms with Gasteiger partial charge in [0.1, 0.15) is 30.8 Å². The molecule has 168 valence electrons. The van der Waals surface area contributed by atoms with Crippen molar-refractivity contribution in [3.8, 4) is 11.5 Å². The number of hydrogen-bond donors (Lipinski definition) is 0. The first-order valence-corrected chi connectivity index (χ1v) is 10.7. The maximum atomic E-state index is 6.15. The molecule has 0 saturated heterocycles. The summed E-state index contributed by atoms with van der Waals surface area (Å²) in [4.78, 5) is 2.35. The third-order valence-corrected chi connectivity index (χ3v) is 4.92. The van der Waals surface area contributed by atoms with Gasteiger partial charge in [0, 0.05) is 6.54 Å². The largest absolute Gasteiger partial charge is 0.491 e. The fourth-order valence-corrected chi connectivity index (χ4v) is 3.44. The summed E-state index contributed by atoms with van der Waals surface area (Å²) in [7, 11) is 0. The molecule has 0 unspecified atom stereocenters. The quantitative estimate of drug-likeness (QED) is 0.438. The highest BCUT2D eigenvalue weighted by molar-refractivity contribution is 5.85. The van der Waals surface area contributed by atoms with Gasteiger partial charge in [-0.3, -0.25) is 0 Å². The van der Waals surface area contributed by atoms with Crippen LogP contribution in [0, 0.1) is 27.7 Å². The Hall–Kier alpha value is -1.75. The van der Waals surface area contributed by atoms with Crippen molar-refractivity contribution < 1.29 is 14.2 Å². The monoisotopic (exact) mass is 435 g/mol. The van der Waals surface area contributed by atoms with Crippen molar-refractivity contribution in [1.82, 2.24) is 4.90 Å². The van der Waals surface area contributed by atoms with E-state index in [-0.39, 0.29) is 18.5 Å². The molecule has 2 aromatic rings. The number of likely N-dealkylation sites (N-methyl/N-ethyl adjacent to an activating group) is 1. The summed E-state index contributed by atoms with van der Waals surface area (Å²) in [5.74, 6) is 1.76. The minimum atomic E-state index is -0.132. The first-order valence-electron chi connectivity index (χ1n) is 10.7. The minimum Gasteiger partial charge on any atom is -0.491 e. The lowest BCUT2D eigenvalue weighted by molar-refractivity contribution is -0.0145. The number of aryl methyl sites for hydroxylation is 4. The summed E-state index contributed by atoms with van der Waals surface area (Å²) >= 11 is 0. The van der Waals surface area contributed by atoms with E-state index in [1.807, 2.05) is 0 Å². The van der Waals surface area contributed by atoms with Gasteiger partial charge in [-0.1, -0.05) is 26.0 Å². The molecule has 0 fully saturated rings. The van der Waals surface area contributed by atoms with Crippen molar-refractivity contribution in [3.63, 3.8) is 0 Å². The number of ether oxygens (including phenoxy) is 3. The normalized spacial score (nSPS) is 10.9. The van der Waals surface area contributed by atoms with Gasteiger partial charge in [-0.15, -0.1) is 12.4 Å². The van der Waals surface area contributed by atoms with Crippen LogP contribution in [0.5, 0.6) is 11.5 Å². The highest BCUT2D eigenvalue weighted by Gasteiger charge is 2.13. The van der Waals surface area contributed by atoms with E-state index in [0.717, 1.165) is 31.1 Å². The van der Waals surface area contributed by atoms with Crippen molar-refractivity contribution in [2.45, 2.75) is 47.6 Å². The maximum absolute atomic E-state index is 6.15. The average molecular weight is 436 g/mol. The molecule has 0 heterocycles. The van der Waals surface area contributed by atoms with Gasteiger partial charge < -0.3 is 19.1 Å². The average Bonchev–Trinajstić information content (AvgIpc) is 2.65. The van der Waals surface area contributed by atoms with Crippen LogP contribution >= 0.6 is 12.4 Å². The molecule has 4 nitrogen and oxygen atoms in total. The van der Waals surface area contributed by atoms with Gasteiger partial charge in [0.15, 0.2) is 0 Å². The summed E-state index contributed by atoms with van der Waals surface area (Å²) in [5.41, 5.74) is 4.80. The van der Waals surface area contributed by atoms with Crippen LogP contribution in [0.4, 0.5) is 0 Å². The molecule has 30 heavy (non-hydrogen) atoms. The van der Waals surface area contributed by atoms with Gasteiger partial charge in [-0.05, 0) is 87.3 Å². The van der Waals surface area contributed by atoms with E-state index in [1.165, 1.54) is 22.3 Å². The second kappa shape index (κ2) is 13.5. The van der Waals surface area contributed by atoms with Crippen LogP contribution in [0.25, 0.3) is 0 Å². The zero-order valence-electron chi connectivity index (χ0n) is 19.4. The molecule has 0 radical (unpaired) electrons. The fraction of sp³-hybridized carbons (Fsp3) is 0.520. The van der Waals surface area contributed by atoms with Crippen molar-refractivity contribution in [2.24, 2.45) is 0 Å². The Morgan fingerprint density at radius 3 is 1.47 bits per heavy atom. The molecule has 0 atom stereocenters. The Balaban J connectivity index is 0.00000450. The van der Waals surface area contributed by atoms with Crippen molar-refractivity contribution >= 4 is 12.4 Å². The van der Waals surface area contributed by atoms with Crippen LogP contribution in [0.15, 0.2) is 36.4 Å². The predicted molar refractivity (Wildman–Crippen MR) is 128 cm³/mol. The van der Waals surface area contributed by atoms with Crippen molar-refractivity contribution in [1.29, 1.82) is 0 Å². The van der Waals surface area contributed by atoms with E-state index >= 15 is 0 Å². The Bertz CT molecular complexity index is 666. The van der Waals surface area contributed by atoms with E-state index in [4.69, 9.17) is 14.2 Å². The van der Waals surface area contributed by atoms with E-state index in [0.29, 0.717) is 19.8 Å². The number of nitrogens with zero attached hydrogens (tertiary/aromatic N) is 1. The summed E-state index contributed by atoms with van der Waals surface area (Å²) < 4.78 is 18.3. The van der Waals surface area contributed by atoms with E-state index in [2.05, 4.69) is 82.8 Å². The summed E-state index contributed by atoms with van der Waals surface area (Å²) in [5, 5.41) is 0. The van der Waals surface area contributed by atoms with Gasteiger partial charge >= 0.3 is 0 Å². The lowest BCUT2D eigenvalue weighted by Crippen LogP contribution is -2.33. The molecule has 0 saturated carbocycles. The molecule has 0 bridgehead atoms. The van der Waals surface area contributed by atoms with Gasteiger partial charge in [-0.25, -0.2) is 0 Å². The molecule has 0 spiro atoms. The van der Waals surface area contributed by atoms with Gasteiger partial charge in [0.05, 0.1) is 6.61 Å². The molecule has 0 aliphatic heterocycles. The van der Waals surface area contributed by atoms with Gasteiger partial charge in [-0.2, -0.15) is 0 Å². The minimum absolute atomic E-state index is 0. The number of hydrogen-bond acceptors (Lipinski definition) is 4. The van der Waals surface area contributed by atoms with Crippen molar-refractivity contribution in [3.05, 3.63) is 58.7 Å². The number of benzene rings is 2. The van der Waals surface area contributed by atoms with Crippen LogP contribution in [-0.2, 0) is 4.74 Å². The van der Waals surface area contributed by atoms with Crippen LogP contribution in [0.3, 0.4) is 0 Å². The second-order valence-electron chi connectivity index (χ2n) is 7.79. The lowest BCUT2D eigenvalue weighted by atomic mass is 10.1. The van der Waals surface area contributed by atoms with E-state index in [1.54, 1.807) is 0 Å². The molecule has 0 aromatic heterocycles. The maximum Gasteiger partial charge on any atom is 0.125 e. The topological polar surface area (TPSA) is 30.9 Å². The molecular formula is C25H38ClNO3. The second-order valence-corrected chi connectivity index (χ2v) is 7.79. The standard InChI is InChI=1S/C25H37NO3.ClH/c1-7-26(8-2)9-10-27-25(17-28-23-13-19(3)11-20(4)14-23)18-29-24-15-21(5)12-22(6)16-24;/h11-16,25H,7-10,17-18H2,1-6H3;1H. The summed E-state index contributed by atoms with van der Waals surface area (Å²) in [6.45, 7) is 17.3. The summed E-state index contributed by atoms with van der Waals surface area (Å²) in [6, 6.07) is 12.5. The van der Waals surface area contributed by atoms with Crippen LogP contribution in [-0.4, -0.2) is 50.5 Å². The predicted octanol–water partition coefficient (Wildman–Crippen LogP) is 5.53. The SMILES string of the molecule is CCN(CC)CCOC(COc1cc(C)cc(C)c1)COc1cc(C)cc(C)c1.Cl. The first-order chi connectivity index (χ1) is 13.9. The zero-order valence-corrected chi connectivity index (χ0v) is 20.2. The Kier molecular flexibility index (Phi) is 11.9. The van der Waals surface area contributed by atoms with Gasteiger partial charge in [0.2, 0.25) is 0 Å². The summed E-state index contributed by atoms with van der Waals surface area (Å²) in [6.07, 6.45) is -0.132. The Morgan fingerprint density at radius 2 is 1.10 bits per heavy atom. The van der Waals surface area contributed by atoms with Crippen molar-refractivity contribution in [2.75, 3.05) is 39.5 Å². The molecule has 0 N–H and O–H groups in total. The molecule has 2 aromatic carbocycles. The lowest BCUT2D eigenvalue weighted by Gasteiger charge is -2.22. The first kappa shape index (κ1) is 26.3. The van der Waals surface area contributed by atoms with Crippen LogP contribution < -0.4 is 9.47 Å². The smallest absolute Gasteiger partial charge is 0.125 e. The molecular weight excluding hydrogens is 398 g/mol. The third-order valence-electron chi connectivity index (χ3n) is 4.92. The van der Waals surface area contributed by atoms with E-state index < -0.39 is 0 Å².